The molecule has 0 bridgehead atoms. The second-order valence-electron chi connectivity index (χ2n) is 1.40. The van der Waals surface area contributed by atoms with Gasteiger partial charge in [0.15, 0.2) is 0 Å². The minimum absolute atomic E-state index is 0. The van der Waals surface area contributed by atoms with Crippen LogP contribution in [-0.4, -0.2) is 107 Å². The van der Waals surface area contributed by atoms with Crippen molar-refractivity contribution in [1.82, 2.24) is 6.15 Å². The van der Waals surface area contributed by atoms with Crippen molar-refractivity contribution in [3.8, 4) is 0 Å². The summed E-state index contributed by atoms with van der Waals surface area (Å²) in [6.45, 7) is 0. The van der Waals surface area contributed by atoms with E-state index in [1.54, 1.807) is 0 Å². The molecular formula is CH9KNNaO9P2. The predicted octanol–water partition coefficient (Wildman–Crippen LogP) is -1.24. The summed E-state index contributed by atoms with van der Waals surface area (Å²) in [6.07, 6.45) is -2.19. The molecule has 0 saturated carbocycles. The van der Waals surface area contributed by atoms with Gasteiger partial charge < -0.3 is 25.6 Å². The molecule has 0 aliphatic carbocycles. The van der Waals surface area contributed by atoms with Crippen LogP contribution in [0.4, 0.5) is 4.79 Å². The molecule has 0 aliphatic rings. The number of hydrogen-bond donors (Lipinski definition) is 5. The fourth-order valence-electron chi connectivity index (χ4n) is 0.250. The van der Waals surface area contributed by atoms with Crippen LogP contribution < -0.4 is 6.15 Å². The second kappa shape index (κ2) is 10.1. The molecule has 0 aromatic heterocycles. The van der Waals surface area contributed by atoms with Gasteiger partial charge in [-0.25, -0.2) is 13.9 Å². The normalized spacial score (nSPS) is 13.3. The van der Waals surface area contributed by atoms with Gasteiger partial charge in [0.2, 0.25) is 0 Å². The predicted molar refractivity (Wildman–Crippen MR) is 51.4 cm³/mol. The molecule has 0 amide bonds. The van der Waals surface area contributed by atoms with Gasteiger partial charge in [-0.2, -0.15) is 4.31 Å². The van der Waals surface area contributed by atoms with Crippen LogP contribution >= 0.6 is 15.6 Å². The molecule has 1 atom stereocenters. The van der Waals surface area contributed by atoms with Crippen LogP contribution in [0.2, 0.25) is 0 Å². The zero-order chi connectivity index (χ0) is 9.99. The van der Waals surface area contributed by atoms with E-state index in [1.807, 2.05) is 0 Å². The van der Waals surface area contributed by atoms with E-state index in [0.29, 0.717) is 0 Å². The van der Waals surface area contributed by atoms with Crippen molar-refractivity contribution < 1.29 is 42.5 Å². The van der Waals surface area contributed by atoms with Gasteiger partial charge in [-0.1, -0.05) is 0 Å². The summed E-state index contributed by atoms with van der Waals surface area (Å²) in [6, 6.07) is 0. The Kier molecular flexibility index (Phi) is 17.5. The van der Waals surface area contributed by atoms with Crippen molar-refractivity contribution >= 4 is 103 Å². The first kappa shape index (κ1) is 25.9. The summed E-state index contributed by atoms with van der Waals surface area (Å²) in [5, 5.41) is 7.76. The third kappa shape index (κ3) is 18.7. The summed E-state index contributed by atoms with van der Waals surface area (Å²) in [7, 11) is -10.5. The summed E-state index contributed by atoms with van der Waals surface area (Å²) in [5.74, 6) is 0. The molecule has 0 heterocycles. The Labute approximate surface area is 149 Å². The monoisotopic (exact) mass is 303 g/mol. The molecule has 0 fully saturated rings. The molecule has 0 spiro atoms. The zero-order valence-electron chi connectivity index (χ0n) is 5.93. The molecule has 0 aliphatic heterocycles. The fourth-order valence-corrected chi connectivity index (χ4v) is 1.66. The number of phosphoric acid groups is 2. The van der Waals surface area contributed by atoms with Gasteiger partial charge >= 0.3 is 103 Å². The van der Waals surface area contributed by atoms with Gasteiger partial charge in [0.25, 0.3) is 0 Å². The number of rotatable bonds is 3. The van der Waals surface area contributed by atoms with E-state index in [2.05, 4.69) is 8.83 Å². The van der Waals surface area contributed by atoms with Gasteiger partial charge in [-0.3, -0.25) is 4.89 Å². The van der Waals surface area contributed by atoms with Crippen LogP contribution in [0.3, 0.4) is 0 Å². The zero-order valence-corrected chi connectivity index (χ0v) is 7.72. The molecule has 0 saturated heterocycles. The standard InChI is InChI=1S/CH4O9P2.K.H3N.Na.2H/c2-1(3)9-12(7,8)10-11(4,5)6;;;;;/h(H,2,3)(H,7,8)(H2,4,5,6);;1H3;;;. The van der Waals surface area contributed by atoms with Crippen LogP contribution in [0.15, 0.2) is 0 Å². The van der Waals surface area contributed by atoms with Crippen molar-refractivity contribution in [3.63, 3.8) is 0 Å². The number of carbonyl (C=O) groups is 1. The SMILES string of the molecule is N.O=C(O)OP(=O)(O)OP(=O)(O)O.[KH].[NaH]. The maximum atomic E-state index is 10.3. The number of hydrogen-bond acceptors (Lipinski definition) is 6. The van der Waals surface area contributed by atoms with E-state index in [0.717, 1.165) is 0 Å². The Morgan fingerprint density at radius 3 is 1.67 bits per heavy atom. The maximum absolute atomic E-state index is 10.3. The van der Waals surface area contributed by atoms with E-state index < -0.39 is 21.8 Å². The van der Waals surface area contributed by atoms with Crippen molar-refractivity contribution in [3.05, 3.63) is 0 Å². The van der Waals surface area contributed by atoms with Crippen molar-refractivity contribution in [1.29, 1.82) is 0 Å². The fraction of sp³-hybridized carbons (Fsp3) is 0. The Morgan fingerprint density at radius 1 is 1.13 bits per heavy atom. The van der Waals surface area contributed by atoms with Gasteiger partial charge in [-0.15, -0.1) is 0 Å². The summed E-state index contributed by atoms with van der Waals surface area (Å²) in [4.78, 5) is 33.8. The molecule has 10 nitrogen and oxygen atoms in total. The second-order valence-corrected chi connectivity index (χ2v) is 4.15. The summed E-state index contributed by atoms with van der Waals surface area (Å²) >= 11 is 0. The van der Waals surface area contributed by atoms with Crippen molar-refractivity contribution in [2.75, 3.05) is 0 Å². The van der Waals surface area contributed by atoms with Crippen molar-refractivity contribution in [2.45, 2.75) is 0 Å². The third-order valence-electron chi connectivity index (χ3n) is 0.403. The molecule has 0 radical (unpaired) electrons. The van der Waals surface area contributed by atoms with Gasteiger partial charge in [-0.05, 0) is 0 Å². The Balaban J connectivity index is -0.000000202. The molecule has 14 heteroatoms. The minimum atomic E-state index is -5.24. The molecular weight excluding hydrogens is 294 g/mol. The van der Waals surface area contributed by atoms with Crippen LogP contribution in [0, 0.1) is 0 Å². The quantitative estimate of drug-likeness (QED) is 0.311. The summed E-state index contributed by atoms with van der Waals surface area (Å²) in [5.41, 5.74) is 0. The molecule has 7 N–H and O–H groups in total. The number of phosphoric ester groups is 1. The first-order valence-electron chi connectivity index (χ1n) is 2.14. The Bertz CT molecular complexity index is 275. The topological polar surface area (TPSA) is 186 Å². The van der Waals surface area contributed by atoms with Gasteiger partial charge in [0.05, 0.1) is 0 Å². The van der Waals surface area contributed by atoms with Gasteiger partial charge in [0.1, 0.15) is 0 Å². The molecule has 15 heavy (non-hydrogen) atoms. The van der Waals surface area contributed by atoms with E-state index >= 15 is 0 Å². The Hall–Kier alpha value is 2.17. The van der Waals surface area contributed by atoms with E-state index in [-0.39, 0.29) is 87.1 Å². The average Bonchev–Trinajstić information content (AvgIpc) is 1.48. The van der Waals surface area contributed by atoms with Crippen LogP contribution in [-0.2, 0) is 18.0 Å². The summed E-state index contributed by atoms with van der Waals surface area (Å²) < 4.78 is 26.4. The first-order chi connectivity index (χ1) is 5.12. The van der Waals surface area contributed by atoms with Crippen LogP contribution in [0.25, 0.3) is 0 Å². The third-order valence-corrected chi connectivity index (χ3v) is 2.47. The molecule has 0 rings (SSSR count). The van der Waals surface area contributed by atoms with E-state index in [9.17, 15) is 13.9 Å². The van der Waals surface area contributed by atoms with E-state index in [1.165, 1.54) is 0 Å². The number of carboxylic acid groups (broad SMARTS) is 1. The Morgan fingerprint density at radius 2 is 1.47 bits per heavy atom. The first-order valence-corrected chi connectivity index (χ1v) is 5.17. The molecule has 84 valence electrons. The molecule has 1 unspecified atom stereocenters. The van der Waals surface area contributed by atoms with Gasteiger partial charge in [0, 0.05) is 0 Å². The molecule has 0 aromatic rings. The molecule has 0 aromatic carbocycles. The van der Waals surface area contributed by atoms with E-state index in [4.69, 9.17) is 19.8 Å². The van der Waals surface area contributed by atoms with Crippen LogP contribution in [0.1, 0.15) is 0 Å². The van der Waals surface area contributed by atoms with Crippen molar-refractivity contribution in [2.24, 2.45) is 0 Å². The van der Waals surface area contributed by atoms with Crippen LogP contribution in [0.5, 0.6) is 0 Å². The average molecular weight is 303 g/mol.